The average molecular weight is 319 g/mol. The Hall–Kier alpha value is -3.17. The topological polar surface area (TPSA) is 85.3 Å². The number of hydrogen-bond acceptors (Lipinski definition) is 4. The number of carbonyl (C=O) groups excluding carboxylic acids is 1. The van der Waals surface area contributed by atoms with Crippen molar-refractivity contribution in [3.05, 3.63) is 65.1 Å². The third-order valence-corrected chi connectivity index (χ3v) is 3.53. The van der Waals surface area contributed by atoms with Crippen LogP contribution < -0.4 is 11.1 Å². The highest BCUT2D eigenvalue weighted by molar-refractivity contribution is 5.94. The van der Waals surface area contributed by atoms with Crippen LogP contribution in [-0.4, -0.2) is 33.6 Å². The van der Waals surface area contributed by atoms with E-state index in [4.69, 9.17) is 5.73 Å². The lowest BCUT2D eigenvalue weighted by Gasteiger charge is -2.05. The largest absolute Gasteiger partial charge is 0.351 e. The number of nitrogens with two attached hydrogens (primary N) is 1. The predicted octanol–water partition coefficient (Wildman–Crippen LogP) is 1.13. The summed E-state index contributed by atoms with van der Waals surface area (Å²) in [7, 11) is 0. The van der Waals surface area contributed by atoms with Gasteiger partial charge in [-0.05, 0) is 42.7 Å². The monoisotopic (exact) mass is 319 g/mol. The van der Waals surface area contributed by atoms with E-state index >= 15 is 0 Å². The van der Waals surface area contributed by atoms with Gasteiger partial charge in [-0.1, -0.05) is 12.0 Å². The minimum Gasteiger partial charge on any atom is -0.351 e. The minimum absolute atomic E-state index is 0.153. The zero-order valence-corrected chi connectivity index (χ0v) is 13.3. The van der Waals surface area contributed by atoms with Gasteiger partial charge in [0.15, 0.2) is 5.65 Å². The molecule has 6 nitrogen and oxygen atoms in total. The van der Waals surface area contributed by atoms with Crippen molar-refractivity contribution >= 4 is 11.6 Å². The van der Waals surface area contributed by atoms with E-state index in [1.165, 1.54) is 0 Å². The van der Waals surface area contributed by atoms with Crippen LogP contribution in [0.15, 0.2) is 42.7 Å². The molecule has 3 aromatic rings. The second kappa shape index (κ2) is 6.94. The first-order valence-electron chi connectivity index (χ1n) is 7.59. The SMILES string of the molecule is Cc1ccc(C(=O)NCCN)cc1C#Cc1cnc2cccnn12. The Kier molecular flexibility index (Phi) is 4.54. The molecule has 3 N–H and O–H groups in total. The Bertz CT molecular complexity index is 949. The molecule has 0 aliphatic rings. The van der Waals surface area contributed by atoms with Crippen LogP contribution in [0.1, 0.15) is 27.2 Å². The predicted molar refractivity (Wildman–Crippen MR) is 91.5 cm³/mol. The third-order valence-electron chi connectivity index (χ3n) is 3.53. The summed E-state index contributed by atoms with van der Waals surface area (Å²) in [6.45, 7) is 2.81. The van der Waals surface area contributed by atoms with Gasteiger partial charge < -0.3 is 11.1 Å². The van der Waals surface area contributed by atoms with Gasteiger partial charge in [0.1, 0.15) is 5.69 Å². The van der Waals surface area contributed by atoms with Gasteiger partial charge in [0, 0.05) is 30.4 Å². The van der Waals surface area contributed by atoms with Gasteiger partial charge in [-0.25, -0.2) is 9.50 Å². The standard InChI is InChI=1S/C18H17N5O/c1-13-4-5-15(18(24)20-10-8-19)11-14(13)6-7-16-12-21-17-3-2-9-22-23(16)17/h2-5,9,11-12H,8,10,19H2,1H3,(H,20,24). The van der Waals surface area contributed by atoms with Crippen molar-refractivity contribution in [3.63, 3.8) is 0 Å². The number of imidazole rings is 1. The molecule has 0 unspecified atom stereocenters. The summed E-state index contributed by atoms with van der Waals surface area (Å²) in [5.41, 5.74) is 9.20. The first-order chi connectivity index (χ1) is 11.7. The second-order valence-corrected chi connectivity index (χ2v) is 5.26. The van der Waals surface area contributed by atoms with Gasteiger partial charge in [-0.3, -0.25) is 4.79 Å². The van der Waals surface area contributed by atoms with Gasteiger partial charge in [0.05, 0.1) is 6.20 Å². The summed E-state index contributed by atoms with van der Waals surface area (Å²) < 4.78 is 1.68. The molecule has 24 heavy (non-hydrogen) atoms. The molecule has 0 fully saturated rings. The van der Waals surface area contributed by atoms with Crippen LogP contribution in [0, 0.1) is 18.8 Å². The molecular formula is C18H17N5O. The van der Waals surface area contributed by atoms with E-state index in [1.807, 2.05) is 25.1 Å². The van der Waals surface area contributed by atoms with Gasteiger partial charge in [0.25, 0.3) is 5.91 Å². The fourth-order valence-corrected chi connectivity index (χ4v) is 2.23. The van der Waals surface area contributed by atoms with E-state index in [0.717, 1.165) is 16.8 Å². The van der Waals surface area contributed by atoms with Crippen LogP contribution in [0.2, 0.25) is 0 Å². The number of hydrogen-bond donors (Lipinski definition) is 2. The molecule has 120 valence electrons. The number of nitrogens with zero attached hydrogens (tertiary/aromatic N) is 3. The molecule has 0 aliphatic carbocycles. The molecule has 2 heterocycles. The highest BCUT2D eigenvalue weighted by atomic mass is 16.1. The number of nitrogens with one attached hydrogen (secondary N) is 1. The Labute approximate surface area is 139 Å². The van der Waals surface area contributed by atoms with E-state index < -0.39 is 0 Å². The van der Waals surface area contributed by atoms with Crippen molar-refractivity contribution in [3.8, 4) is 11.8 Å². The van der Waals surface area contributed by atoms with E-state index in [2.05, 4.69) is 27.2 Å². The van der Waals surface area contributed by atoms with Crippen LogP contribution >= 0.6 is 0 Å². The molecule has 1 amide bonds. The maximum Gasteiger partial charge on any atom is 0.251 e. The second-order valence-electron chi connectivity index (χ2n) is 5.26. The van der Waals surface area contributed by atoms with E-state index in [-0.39, 0.29) is 5.91 Å². The number of rotatable bonds is 3. The normalized spacial score (nSPS) is 10.2. The van der Waals surface area contributed by atoms with Crippen molar-refractivity contribution in [1.29, 1.82) is 0 Å². The summed E-state index contributed by atoms with van der Waals surface area (Å²) in [5.74, 6) is 6.02. The van der Waals surface area contributed by atoms with Crippen LogP contribution in [0.3, 0.4) is 0 Å². The van der Waals surface area contributed by atoms with E-state index in [0.29, 0.717) is 24.3 Å². The molecule has 3 rings (SSSR count). The zero-order chi connectivity index (χ0) is 16.9. The number of fused-ring (bicyclic) bond motifs is 1. The van der Waals surface area contributed by atoms with Crippen molar-refractivity contribution in [2.45, 2.75) is 6.92 Å². The van der Waals surface area contributed by atoms with Crippen LogP contribution in [0.5, 0.6) is 0 Å². The Morgan fingerprint density at radius 2 is 2.21 bits per heavy atom. The van der Waals surface area contributed by atoms with Crippen LogP contribution in [0.4, 0.5) is 0 Å². The first-order valence-corrected chi connectivity index (χ1v) is 7.59. The molecule has 0 aliphatic heterocycles. The molecule has 0 saturated carbocycles. The molecule has 0 bridgehead atoms. The molecular weight excluding hydrogens is 302 g/mol. The molecule has 0 atom stereocenters. The number of aryl methyl sites for hydroxylation is 1. The van der Waals surface area contributed by atoms with Crippen molar-refractivity contribution in [2.24, 2.45) is 5.73 Å². The highest BCUT2D eigenvalue weighted by Gasteiger charge is 2.06. The van der Waals surface area contributed by atoms with Crippen LogP contribution in [-0.2, 0) is 0 Å². The van der Waals surface area contributed by atoms with Gasteiger partial charge in [-0.15, -0.1) is 0 Å². The van der Waals surface area contributed by atoms with E-state index in [9.17, 15) is 4.79 Å². The molecule has 0 radical (unpaired) electrons. The Morgan fingerprint density at radius 3 is 3.04 bits per heavy atom. The summed E-state index contributed by atoms with van der Waals surface area (Å²) >= 11 is 0. The molecule has 0 saturated heterocycles. The van der Waals surface area contributed by atoms with Gasteiger partial charge in [-0.2, -0.15) is 5.10 Å². The smallest absolute Gasteiger partial charge is 0.251 e. The minimum atomic E-state index is -0.153. The Morgan fingerprint density at radius 1 is 1.33 bits per heavy atom. The molecule has 6 heteroatoms. The summed E-state index contributed by atoms with van der Waals surface area (Å²) in [6, 6.07) is 9.14. The quantitative estimate of drug-likeness (QED) is 0.709. The fraction of sp³-hybridized carbons (Fsp3) is 0.167. The van der Waals surface area contributed by atoms with Crippen molar-refractivity contribution in [1.82, 2.24) is 19.9 Å². The zero-order valence-electron chi connectivity index (χ0n) is 13.3. The van der Waals surface area contributed by atoms with Crippen molar-refractivity contribution < 1.29 is 4.79 Å². The van der Waals surface area contributed by atoms with Crippen molar-refractivity contribution in [2.75, 3.05) is 13.1 Å². The van der Waals surface area contributed by atoms with Gasteiger partial charge >= 0.3 is 0 Å². The molecule has 0 spiro atoms. The first kappa shape index (κ1) is 15.7. The summed E-state index contributed by atoms with van der Waals surface area (Å²) in [5, 5.41) is 6.98. The number of aromatic nitrogens is 3. The summed E-state index contributed by atoms with van der Waals surface area (Å²) in [6.07, 6.45) is 3.37. The molecule has 2 aromatic heterocycles. The summed E-state index contributed by atoms with van der Waals surface area (Å²) in [4.78, 5) is 16.3. The number of carbonyl (C=O) groups is 1. The maximum atomic E-state index is 12.0. The lowest BCUT2D eigenvalue weighted by Crippen LogP contribution is -2.29. The van der Waals surface area contributed by atoms with Gasteiger partial charge in [0.2, 0.25) is 0 Å². The Balaban J connectivity index is 1.92. The number of benzene rings is 1. The number of amides is 1. The fourth-order valence-electron chi connectivity index (χ4n) is 2.23. The highest BCUT2D eigenvalue weighted by Crippen LogP contribution is 2.11. The molecule has 1 aromatic carbocycles. The average Bonchev–Trinajstić information content (AvgIpc) is 3.02. The lowest BCUT2D eigenvalue weighted by atomic mass is 10.0. The third kappa shape index (κ3) is 3.26. The van der Waals surface area contributed by atoms with E-state index in [1.54, 1.807) is 29.0 Å². The maximum absolute atomic E-state index is 12.0. The lowest BCUT2D eigenvalue weighted by molar-refractivity contribution is 0.0954. The van der Waals surface area contributed by atoms with Crippen LogP contribution in [0.25, 0.3) is 5.65 Å².